The minimum absolute atomic E-state index is 0.600. The summed E-state index contributed by atoms with van der Waals surface area (Å²) in [5, 5.41) is 0. The minimum Gasteiger partial charge on any atom is -0.292 e. The zero-order chi connectivity index (χ0) is 18.0. The van der Waals surface area contributed by atoms with E-state index in [2.05, 4.69) is 13.2 Å². The van der Waals surface area contributed by atoms with Gasteiger partial charge in [0.25, 0.3) is 0 Å². The smallest absolute Gasteiger partial charge is 0.146 e. The molecule has 0 N–H and O–H groups in total. The molecule has 0 aliphatic carbocycles. The number of halogens is 1. The summed E-state index contributed by atoms with van der Waals surface area (Å²) in [6, 6.07) is 17.3. The lowest BCUT2D eigenvalue weighted by atomic mass is 9.94. The highest BCUT2D eigenvalue weighted by Crippen LogP contribution is 2.36. The van der Waals surface area contributed by atoms with Crippen LogP contribution in [0.15, 0.2) is 67.8 Å². The largest absolute Gasteiger partial charge is 0.292 e. The Morgan fingerprint density at radius 2 is 1.60 bits per heavy atom. The van der Waals surface area contributed by atoms with E-state index in [0.29, 0.717) is 11.4 Å². The van der Waals surface area contributed by atoms with Crippen LogP contribution in [-0.4, -0.2) is 9.55 Å². The van der Waals surface area contributed by atoms with Gasteiger partial charge in [0.2, 0.25) is 0 Å². The van der Waals surface area contributed by atoms with Gasteiger partial charge in [-0.15, -0.1) is 0 Å². The monoisotopic (exact) mass is 332 g/mol. The van der Waals surface area contributed by atoms with E-state index < -0.39 is 5.67 Å². The standard InChI is InChI=1S/C22H21FN2/c1-5-19-20(6-2)25(16-12-8-7-9-13-16)21(24-19)17-14-10-11-15-18(17)22(3,4)23/h5-15H,1-2H2,3-4H3. The molecule has 3 heteroatoms. The average molecular weight is 332 g/mol. The Morgan fingerprint density at radius 3 is 2.20 bits per heavy atom. The van der Waals surface area contributed by atoms with E-state index in [4.69, 9.17) is 4.98 Å². The first-order chi connectivity index (χ1) is 12.0. The van der Waals surface area contributed by atoms with Crippen LogP contribution in [0, 0.1) is 0 Å². The van der Waals surface area contributed by atoms with Crippen molar-refractivity contribution in [2.45, 2.75) is 19.5 Å². The molecule has 126 valence electrons. The Bertz CT molecular complexity index is 915. The van der Waals surface area contributed by atoms with Crippen LogP contribution in [-0.2, 0) is 5.67 Å². The van der Waals surface area contributed by atoms with E-state index >= 15 is 0 Å². The number of hydrogen-bond donors (Lipinski definition) is 0. The minimum atomic E-state index is -1.48. The van der Waals surface area contributed by atoms with Crippen LogP contribution >= 0.6 is 0 Å². The molecule has 1 aromatic heterocycles. The molecule has 3 rings (SSSR count). The van der Waals surface area contributed by atoms with E-state index in [0.717, 1.165) is 22.6 Å². The SMILES string of the molecule is C=Cc1nc(-c2ccccc2C(C)(C)F)n(-c2ccccc2)c1C=C. The van der Waals surface area contributed by atoms with Gasteiger partial charge in [0.1, 0.15) is 11.5 Å². The molecule has 0 aliphatic heterocycles. The van der Waals surface area contributed by atoms with E-state index in [1.54, 1.807) is 32.1 Å². The Morgan fingerprint density at radius 1 is 0.960 bits per heavy atom. The second kappa shape index (κ2) is 6.52. The van der Waals surface area contributed by atoms with Gasteiger partial charge in [-0.3, -0.25) is 4.57 Å². The molecular weight excluding hydrogens is 311 g/mol. The molecule has 0 saturated carbocycles. The topological polar surface area (TPSA) is 17.8 Å². The number of nitrogens with zero attached hydrogens (tertiary/aromatic N) is 2. The lowest BCUT2D eigenvalue weighted by Crippen LogP contribution is -2.12. The van der Waals surface area contributed by atoms with Crippen molar-refractivity contribution in [3.63, 3.8) is 0 Å². The van der Waals surface area contributed by atoms with Crippen LogP contribution in [0.1, 0.15) is 30.8 Å². The second-order valence-electron chi connectivity index (χ2n) is 6.30. The van der Waals surface area contributed by atoms with E-state index in [9.17, 15) is 4.39 Å². The molecule has 0 amide bonds. The summed E-state index contributed by atoms with van der Waals surface area (Å²) in [5.41, 5.74) is 2.38. The zero-order valence-corrected chi connectivity index (χ0v) is 14.5. The molecule has 0 bridgehead atoms. The predicted molar refractivity (Wildman–Crippen MR) is 103 cm³/mol. The molecule has 0 atom stereocenters. The van der Waals surface area contributed by atoms with Crippen LogP contribution < -0.4 is 0 Å². The van der Waals surface area contributed by atoms with Crippen molar-refractivity contribution in [2.75, 3.05) is 0 Å². The lowest BCUT2D eigenvalue weighted by Gasteiger charge is -2.20. The molecular formula is C22H21FN2. The highest BCUT2D eigenvalue weighted by atomic mass is 19.1. The molecule has 0 fully saturated rings. The fourth-order valence-electron chi connectivity index (χ4n) is 3.01. The molecule has 0 saturated heterocycles. The van der Waals surface area contributed by atoms with Crippen molar-refractivity contribution in [1.29, 1.82) is 0 Å². The van der Waals surface area contributed by atoms with Gasteiger partial charge < -0.3 is 0 Å². The number of benzene rings is 2. The molecule has 2 aromatic carbocycles. The fraction of sp³-hybridized carbons (Fsp3) is 0.136. The quantitative estimate of drug-likeness (QED) is 0.558. The molecule has 0 spiro atoms. The summed E-state index contributed by atoms with van der Waals surface area (Å²) in [6.45, 7) is 10.9. The highest BCUT2D eigenvalue weighted by molar-refractivity contribution is 5.72. The second-order valence-corrected chi connectivity index (χ2v) is 6.30. The molecule has 25 heavy (non-hydrogen) atoms. The number of rotatable bonds is 5. The molecule has 2 nitrogen and oxygen atoms in total. The third-order valence-electron chi connectivity index (χ3n) is 4.15. The van der Waals surface area contributed by atoms with Crippen molar-refractivity contribution >= 4 is 12.2 Å². The number of alkyl halides is 1. The summed E-state index contributed by atoms with van der Waals surface area (Å²) in [4.78, 5) is 4.73. The number of aromatic nitrogens is 2. The maximum absolute atomic E-state index is 14.8. The third-order valence-corrected chi connectivity index (χ3v) is 4.15. The van der Waals surface area contributed by atoms with Gasteiger partial charge in [0, 0.05) is 11.3 Å². The molecule has 0 aliphatic rings. The van der Waals surface area contributed by atoms with Gasteiger partial charge >= 0.3 is 0 Å². The molecule has 1 heterocycles. The first-order valence-corrected chi connectivity index (χ1v) is 8.19. The highest BCUT2D eigenvalue weighted by Gasteiger charge is 2.26. The Kier molecular flexibility index (Phi) is 4.41. The van der Waals surface area contributed by atoms with Crippen LogP contribution in [0.5, 0.6) is 0 Å². The van der Waals surface area contributed by atoms with Gasteiger partial charge in [-0.2, -0.15) is 0 Å². The normalized spacial score (nSPS) is 11.3. The Labute approximate surface area is 148 Å². The van der Waals surface area contributed by atoms with Crippen LogP contribution in [0.4, 0.5) is 4.39 Å². The molecule has 3 aromatic rings. The van der Waals surface area contributed by atoms with Gasteiger partial charge in [-0.25, -0.2) is 9.37 Å². The zero-order valence-electron chi connectivity index (χ0n) is 14.5. The first kappa shape index (κ1) is 16.9. The third kappa shape index (κ3) is 3.05. The summed E-state index contributed by atoms with van der Waals surface area (Å²) in [6.07, 6.45) is 3.45. The summed E-state index contributed by atoms with van der Waals surface area (Å²) < 4.78 is 16.8. The van der Waals surface area contributed by atoms with Crippen molar-refractivity contribution in [3.05, 3.63) is 84.7 Å². The number of para-hydroxylation sites is 1. The Balaban J connectivity index is 2.38. The van der Waals surface area contributed by atoms with Gasteiger partial charge in [0.05, 0.1) is 11.4 Å². The number of hydrogen-bond acceptors (Lipinski definition) is 1. The first-order valence-electron chi connectivity index (χ1n) is 8.19. The maximum Gasteiger partial charge on any atom is 0.146 e. The van der Waals surface area contributed by atoms with Crippen molar-refractivity contribution < 1.29 is 4.39 Å². The van der Waals surface area contributed by atoms with Gasteiger partial charge in [0.15, 0.2) is 0 Å². The molecule has 0 radical (unpaired) electrons. The maximum atomic E-state index is 14.8. The van der Waals surface area contributed by atoms with Crippen LogP contribution in [0.2, 0.25) is 0 Å². The Hall–Kier alpha value is -2.94. The van der Waals surface area contributed by atoms with Crippen LogP contribution in [0.25, 0.3) is 29.2 Å². The van der Waals surface area contributed by atoms with Crippen LogP contribution in [0.3, 0.4) is 0 Å². The number of imidazole rings is 1. The van der Waals surface area contributed by atoms with E-state index in [1.165, 1.54) is 0 Å². The van der Waals surface area contributed by atoms with Gasteiger partial charge in [-0.05, 0) is 43.7 Å². The summed E-state index contributed by atoms with van der Waals surface area (Å²) in [5.74, 6) is 0.678. The van der Waals surface area contributed by atoms with Crippen molar-refractivity contribution in [1.82, 2.24) is 9.55 Å². The average Bonchev–Trinajstić information content (AvgIpc) is 3.00. The summed E-state index contributed by atoms with van der Waals surface area (Å²) >= 11 is 0. The van der Waals surface area contributed by atoms with E-state index in [1.807, 2.05) is 53.1 Å². The fourth-order valence-corrected chi connectivity index (χ4v) is 3.01. The predicted octanol–water partition coefficient (Wildman–Crippen LogP) is 6.03. The molecule has 0 unspecified atom stereocenters. The van der Waals surface area contributed by atoms with Gasteiger partial charge in [-0.1, -0.05) is 55.6 Å². The summed E-state index contributed by atoms with van der Waals surface area (Å²) in [7, 11) is 0. The van der Waals surface area contributed by atoms with E-state index in [-0.39, 0.29) is 0 Å². The van der Waals surface area contributed by atoms with Crippen molar-refractivity contribution in [2.24, 2.45) is 0 Å². The van der Waals surface area contributed by atoms with Crippen molar-refractivity contribution in [3.8, 4) is 17.1 Å². The lowest BCUT2D eigenvalue weighted by molar-refractivity contribution is 0.222.